The maximum atomic E-state index is 12.9. The SMILES string of the molecule is O=C(NCCc1nc2ccccc2[nH]1)c1cc(C2CC2)nn1-c1ccccc1. The number of nitrogens with one attached hydrogen (secondary N) is 2. The molecule has 2 N–H and O–H groups in total. The molecule has 2 aromatic carbocycles. The van der Waals surface area contributed by atoms with E-state index in [2.05, 4.69) is 15.3 Å². The Labute approximate surface area is 162 Å². The predicted octanol–water partition coefficient (Wildman–Crippen LogP) is 3.60. The first-order valence-corrected chi connectivity index (χ1v) is 9.65. The molecule has 1 aliphatic rings. The molecule has 1 fully saturated rings. The Hall–Kier alpha value is -3.41. The number of H-pyrrole nitrogens is 1. The van der Waals surface area contributed by atoms with Gasteiger partial charge in [0, 0.05) is 18.9 Å². The van der Waals surface area contributed by atoms with Crippen molar-refractivity contribution >= 4 is 16.9 Å². The van der Waals surface area contributed by atoms with Crippen LogP contribution in [-0.2, 0) is 6.42 Å². The predicted molar refractivity (Wildman–Crippen MR) is 108 cm³/mol. The van der Waals surface area contributed by atoms with Gasteiger partial charge in [-0.05, 0) is 43.2 Å². The van der Waals surface area contributed by atoms with Gasteiger partial charge in [0.1, 0.15) is 11.5 Å². The fourth-order valence-electron chi connectivity index (χ4n) is 3.41. The van der Waals surface area contributed by atoms with Crippen LogP contribution in [0.3, 0.4) is 0 Å². The van der Waals surface area contributed by atoms with Crippen LogP contribution in [0, 0.1) is 0 Å². The monoisotopic (exact) mass is 371 g/mol. The fraction of sp³-hybridized carbons (Fsp3) is 0.227. The van der Waals surface area contributed by atoms with E-state index in [-0.39, 0.29) is 5.91 Å². The molecule has 0 aliphatic heterocycles. The molecule has 0 radical (unpaired) electrons. The Kier molecular flexibility index (Phi) is 4.16. The number of benzene rings is 2. The summed E-state index contributed by atoms with van der Waals surface area (Å²) in [5.74, 6) is 1.25. The molecule has 4 aromatic rings. The third-order valence-corrected chi connectivity index (χ3v) is 5.04. The number of fused-ring (bicyclic) bond motifs is 1. The van der Waals surface area contributed by atoms with Crippen molar-refractivity contribution < 1.29 is 4.79 Å². The average Bonchev–Trinajstić information content (AvgIpc) is 3.34. The molecule has 0 bridgehead atoms. The largest absolute Gasteiger partial charge is 0.350 e. The van der Waals surface area contributed by atoms with Crippen LogP contribution < -0.4 is 5.32 Å². The summed E-state index contributed by atoms with van der Waals surface area (Å²) in [6.45, 7) is 0.511. The number of carbonyl (C=O) groups is 1. The normalized spacial score (nSPS) is 13.7. The molecular weight excluding hydrogens is 350 g/mol. The van der Waals surface area contributed by atoms with Crippen LogP contribution in [-0.4, -0.2) is 32.2 Å². The van der Waals surface area contributed by atoms with Gasteiger partial charge in [-0.15, -0.1) is 0 Å². The Morgan fingerprint density at radius 3 is 2.68 bits per heavy atom. The van der Waals surface area contributed by atoms with Crippen molar-refractivity contribution in [1.82, 2.24) is 25.1 Å². The van der Waals surface area contributed by atoms with E-state index in [4.69, 9.17) is 5.10 Å². The van der Waals surface area contributed by atoms with Gasteiger partial charge in [0.05, 0.1) is 22.4 Å². The van der Waals surface area contributed by atoms with E-state index in [1.807, 2.05) is 60.7 Å². The molecule has 0 unspecified atom stereocenters. The molecule has 1 saturated carbocycles. The highest BCUT2D eigenvalue weighted by atomic mass is 16.2. The maximum absolute atomic E-state index is 12.9. The quantitative estimate of drug-likeness (QED) is 0.544. The van der Waals surface area contributed by atoms with Crippen LogP contribution in [0.25, 0.3) is 16.7 Å². The standard InChI is InChI=1S/C22H21N5O/c28-22(23-13-12-21-24-17-8-4-5-9-18(17)25-21)20-14-19(15-10-11-15)26-27(20)16-6-2-1-3-7-16/h1-9,14-15H,10-13H2,(H,23,28)(H,24,25). The van der Waals surface area contributed by atoms with Crippen molar-refractivity contribution in [1.29, 1.82) is 0 Å². The van der Waals surface area contributed by atoms with E-state index in [0.29, 0.717) is 24.6 Å². The van der Waals surface area contributed by atoms with Gasteiger partial charge in [-0.25, -0.2) is 9.67 Å². The van der Waals surface area contributed by atoms with Gasteiger partial charge in [-0.2, -0.15) is 5.10 Å². The van der Waals surface area contributed by atoms with Crippen molar-refractivity contribution in [2.24, 2.45) is 0 Å². The van der Waals surface area contributed by atoms with Crippen LogP contribution in [0.5, 0.6) is 0 Å². The van der Waals surface area contributed by atoms with Crippen molar-refractivity contribution in [3.63, 3.8) is 0 Å². The average molecular weight is 371 g/mol. The Bertz CT molecular complexity index is 1090. The molecule has 5 rings (SSSR count). The number of nitrogens with zero attached hydrogens (tertiary/aromatic N) is 3. The molecule has 6 nitrogen and oxygen atoms in total. The van der Waals surface area contributed by atoms with Crippen LogP contribution in [0.15, 0.2) is 60.7 Å². The van der Waals surface area contributed by atoms with Crippen LogP contribution >= 0.6 is 0 Å². The Morgan fingerprint density at radius 1 is 1.11 bits per heavy atom. The first-order chi connectivity index (χ1) is 13.8. The zero-order chi connectivity index (χ0) is 18.9. The van der Waals surface area contributed by atoms with E-state index >= 15 is 0 Å². The van der Waals surface area contributed by atoms with E-state index in [1.54, 1.807) is 4.68 Å². The van der Waals surface area contributed by atoms with Gasteiger partial charge in [-0.1, -0.05) is 30.3 Å². The van der Waals surface area contributed by atoms with E-state index < -0.39 is 0 Å². The number of hydrogen-bond acceptors (Lipinski definition) is 3. The number of carbonyl (C=O) groups excluding carboxylic acids is 1. The number of amides is 1. The summed E-state index contributed by atoms with van der Waals surface area (Å²) in [6.07, 6.45) is 2.95. The van der Waals surface area contributed by atoms with Crippen LogP contribution in [0.1, 0.15) is 40.8 Å². The first kappa shape index (κ1) is 16.7. The zero-order valence-corrected chi connectivity index (χ0v) is 15.4. The topological polar surface area (TPSA) is 75.6 Å². The number of imidazole rings is 1. The summed E-state index contributed by atoms with van der Waals surface area (Å²) in [5, 5.41) is 7.71. The summed E-state index contributed by atoms with van der Waals surface area (Å²) >= 11 is 0. The van der Waals surface area contributed by atoms with E-state index in [1.165, 1.54) is 0 Å². The third-order valence-electron chi connectivity index (χ3n) is 5.04. The lowest BCUT2D eigenvalue weighted by molar-refractivity contribution is 0.0946. The van der Waals surface area contributed by atoms with Crippen molar-refractivity contribution in [3.05, 3.63) is 77.9 Å². The van der Waals surface area contributed by atoms with Gasteiger partial charge in [0.25, 0.3) is 5.91 Å². The molecule has 1 amide bonds. The molecule has 1 aliphatic carbocycles. The smallest absolute Gasteiger partial charge is 0.270 e. The molecule has 6 heteroatoms. The highest BCUT2D eigenvalue weighted by Gasteiger charge is 2.29. The number of para-hydroxylation sites is 3. The number of hydrogen-bond donors (Lipinski definition) is 2. The van der Waals surface area contributed by atoms with Crippen molar-refractivity contribution in [2.45, 2.75) is 25.2 Å². The minimum Gasteiger partial charge on any atom is -0.350 e. The number of aromatic nitrogens is 4. The molecule has 0 atom stereocenters. The van der Waals surface area contributed by atoms with Crippen molar-refractivity contribution in [3.8, 4) is 5.69 Å². The van der Waals surface area contributed by atoms with Gasteiger partial charge >= 0.3 is 0 Å². The molecular formula is C22H21N5O. The highest BCUT2D eigenvalue weighted by molar-refractivity contribution is 5.93. The fourth-order valence-corrected chi connectivity index (χ4v) is 3.41. The van der Waals surface area contributed by atoms with Gasteiger partial charge in [0.15, 0.2) is 0 Å². The van der Waals surface area contributed by atoms with Gasteiger partial charge < -0.3 is 10.3 Å². The second-order valence-corrected chi connectivity index (χ2v) is 7.18. The summed E-state index contributed by atoms with van der Waals surface area (Å²) < 4.78 is 1.75. The van der Waals surface area contributed by atoms with Crippen LogP contribution in [0.4, 0.5) is 0 Å². The molecule has 140 valence electrons. The highest BCUT2D eigenvalue weighted by Crippen LogP contribution is 2.39. The van der Waals surface area contributed by atoms with E-state index in [9.17, 15) is 4.79 Å². The lowest BCUT2D eigenvalue weighted by Crippen LogP contribution is -2.28. The number of aromatic amines is 1. The molecule has 28 heavy (non-hydrogen) atoms. The van der Waals surface area contributed by atoms with E-state index in [0.717, 1.165) is 41.1 Å². The minimum absolute atomic E-state index is 0.112. The number of rotatable bonds is 6. The Balaban J connectivity index is 1.32. The molecule has 0 spiro atoms. The second kappa shape index (κ2) is 6.96. The maximum Gasteiger partial charge on any atom is 0.270 e. The Morgan fingerprint density at radius 2 is 1.89 bits per heavy atom. The summed E-state index contributed by atoms with van der Waals surface area (Å²) in [5.41, 5.74) is 4.45. The summed E-state index contributed by atoms with van der Waals surface area (Å²) in [7, 11) is 0. The van der Waals surface area contributed by atoms with Crippen molar-refractivity contribution in [2.75, 3.05) is 6.54 Å². The van der Waals surface area contributed by atoms with Gasteiger partial charge in [0.2, 0.25) is 0 Å². The summed E-state index contributed by atoms with van der Waals surface area (Å²) in [4.78, 5) is 20.7. The second-order valence-electron chi connectivity index (χ2n) is 7.18. The molecule has 2 heterocycles. The third kappa shape index (κ3) is 3.29. The lowest BCUT2D eigenvalue weighted by Gasteiger charge is -2.08. The molecule has 0 saturated heterocycles. The first-order valence-electron chi connectivity index (χ1n) is 9.65. The lowest BCUT2D eigenvalue weighted by atomic mass is 10.2. The minimum atomic E-state index is -0.112. The summed E-state index contributed by atoms with van der Waals surface area (Å²) in [6, 6.07) is 19.7. The van der Waals surface area contributed by atoms with Crippen LogP contribution in [0.2, 0.25) is 0 Å². The van der Waals surface area contributed by atoms with Gasteiger partial charge in [-0.3, -0.25) is 4.79 Å². The molecule has 2 aromatic heterocycles. The zero-order valence-electron chi connectivity index (χ0n) is 15.4.